The normalized spacial score (nSPS) is 13.1. The minimum absolute atomic E-state index is 0.303. The molecule has 0 aliphatic carbocycles. The molecule has 0 rings (SSSR count). The summed E-state index contributed by atoms with van der Waals surface area (Å²) in [5.41, 5.74) is 0. The third kappa shape index (κ3) is 4.47. The van der Waals surface area contributed by atoms with Crippen LogP contribution in [-0.2, 0) is 33.2 Å². The first kappa shape index (κ1) is 16.7. The minimum atomic E-state index is -1.75. The highest BCUT2D eigenvalue weighted by molar-refractivity contribution is 4.46. The zero-order chi connectivity index (χ0) is 13.4. The van der Waals surface area contributed by atoms with Crippen molar-refractivity contribution < 1.29 is 33.2 Å². The average molecular weight is 254 g/mol. The Bertz CT molecular complexity index is 169. The molecule has 0 bridgehead atoms. The van der Waals surface area contributed by atoms with Gasteiger partial charge in [0.05, 0.1) is 13.2 Å². The molecule has 0 amide bonds. The van der Waals surface area contributed by atoms with Crippen LogP contribution in [0.2, 0.25) is 0 Å². The van der Waals surface area contributed by atoms with Crippen LogP contribution >= 0.6 is 0 Å². The molecular weight excluding hydrogens is 232 g/mol. The minimum Gasteiger partial charge on any atom is -0.306 e. The van der Waals surface area contributed by atoms with Gasteiger partial charge in [-0.2, -0.15) is 0 Å². The first-order valence-corrected chi connectivity index (χ1v) is 5.26. The number of methoxy groups -OCH3 is 4. The second kappa shape index (κ2) is 7.93. The summed E-state index contributed by atoms with van der Waals surface area (Å²) in [4.78, 5) is 0. The largest absolute Gasteiger partial charge is 0.418 e. The molecule has 7 nitrogen and oxygen atoms in total. The van der Waals surface area contributed by atoms with Gasteiger partial charge in [-0.05, 0) is 13.8 Å². The molecule has 0 atom stereocenters. The van der Waals surface area contributed by atoms with E-state index in [4.69, 9.17) is 33.2 Å². The van der Waals surface area contributed by atoms with Gasteiger partial charge in [-0.1, -0.05) is 0 Å². The first-order chi connectivity index (χ1) is 8.07. The fraction of sp³-hybridized carbons (Fsp3) is 1.00. The van der Waals surface area contributed by atoms with Crippen molar-refractivity contribution in [2.24, 2.45) is 0 Å². The van der Waals surface area contributed by atoms with Crippen molar-refractivity contribution in [2.45, 2.75) is 26.2 Å². The lowest BCUT2D eigenvalue weighted by Gasteiger charge is -2.37. The Morgan fingerprint density at radius 3 is 1.12 bits per heavy atom. The van der Waals surface area contributed by atoms with E-state index >= 15 is 0 Å². The van der Waals surface area contributed by atoms with E-state index in [0.29, 0.717) is 13.2 Å². The van der Waals surface area contributed by atoms with Gasteiger partial charge in [-0.3, -0.25) is 0 Å². The smallest absolute Gasteiger partial charge is 0.306 e. The number of ether oxygens (including phenoxy) is 7. The van der Waals surface area contributed by atoms with Crippen molar-refractivity contribution in [3.05, 3.63) is 0 Å². The monoisotopic (exact) mass is 254 g/mol. The Labute approximate surface area is 102 Å². The lowest BCUT2D eigenvalue weighted by Crippen LogP contribution is -2.52. The van der Waals surface area contributed by atoms with Crippen LogP contribution in [0.4, 0.5) is 0 Å². The fourth-order valence-electron chi connectivity index (χ4n) is 1.13. The molecule has 0 aliphatic rings. The van der Waals surface area contributed by atoms with Crippen LogP contribution in [0.5, 0.6) is 0 Å². The molecule has 7 heteroatoms. The fourth-order valence-corrected chi connectivity index (χ4v) is 1.13. The highest BCUT2D eigenvalue weighted by Gasteiger charge is 2.47. The van der Waals surface area contributed by atoms with Gasteiger partial charge in [0.25, 0.3) is 0 Å². The predicted molar refractivity (Wildman–Crippen MR) is 57.8 cm³/mol. The third-order valence-corrected chi connectivity index (χ3v) is 1.89. The summed E-state index contributed by atoms with van der Waals surface area (Å²) in [7, 11) is 5.45. The summed E-state index contributed by atoms with van der Waals surface area (Å²) in [5.74, 6) is 0. The molecule has 17 heavy (non-hydrogen) atoms. The highest BCUT2D eigenvalue weighted by atomic mass is 17.1. The maximum Gasteiger partial charge on any atom is 0.418 e. The summed E-state index contributed by atoms with van der Waals surface area (Å²) in [6.45, 7) is 4.13. The Morgan fingerprint density at radius 1 is 0.647 bits per heavy atom. The molecule has 0 aromatic heterocycles. The molecule has 0 spiro atoms. The maximum atomic E-state index is 5.37. The van der Waals surface area contributed by atoms with Crippen LogP contribution in [0.1, 0.15) is 13.8 Å². The number of rotatable bonds is 10. The summed E-state index contributed by atoms with van der Waals surface area (Å²) in [6.07, 6.45) is -3.51. The molecule has 0 fully saturated rings. The van der Waals surface area contributed by atoms with Gasteiger partial charge in [0.2, 0.25) is 0 Å². The molecule has 0 unspecified atom stereocenters. The number of hydrogen-bond acceptors (Lipinski definition) is 7. The molecule has 0 radical (unpaired) electrons. The van der Waals surface area contributed by atoms with E-state index in [-0.39, 0.29) is 0 Å². The zero-order valence-electron chi connectivity index (χ0n) is 11.3. The van der Waals surface area contributed by atoms with Gasteiger partial charge in [0.1, 0.15) is 0 Å². The summed E-state index contributed by atoms with van der Waals surface area (Å²) < 4.78 is 35.9. The molecular formula is C10H22O7. The van der Waals surface area contributed by atoms with Crippen molar-refractivity contribution in [1.29, 1.82) is 0 Å². The van der Waals surface area contributed by atoms with E-state index in [1.54, 1.807) is 13.8 Å². The van der Waals surface area contributed by atoms with Gasteiger partial charge in [0, 0.05) is 28.4 Å². The molecule has 0 aromatic carbocycles. The molecule has 104 valence electrons. The lowest BCUT2D eigenvalue weighted by atomic mass is 10.8. The Hall–Kier alpha value is -0.280. The van der Waals surface area contributed by atoms with E-state index in [2.05, 4.69) is 0 Å². The van der Waals surface area contributed by atoms with Crippen molar-refractivity contribution in [1.82, 2.24) is 0 Å². The van der Waals surface area contributed by atoms with Gasteiger partial charge in [-0.25, -0.2) is 4.74 Å². The van der Waals surface area contributed by atoms with Crippen LogP contribution in [0.3, 0.4) is 0 Å². The molecule has 0 N–H and O–H groups in total. The van der Waals surface area contributed by atoms with Crippen LogP contribution < -0.4 is 0 Å². The van der Waals surface area contributed by atoms with Gasteiger partial charge in [0.15, 0.2) is 0 Å². The van der Waals surface area contributed by atoms with E-state index < -0.39 is 12.3 Å². The van der Waals surface area contributed by atoms with Crippen LogP contribution in [-0.4, -0.2) is 54.0 Å². The lowest BCUT2D eigenvalue weighted by molar-refractivity contribution is -0.608. The molecule has 0 aliphatic heterocycles. The third-order valence-electron chi connectivity index (χ3n) is 1.89. The Kier molecular flexibility index (Phi) is 7.80. The zero-order valence-corrected chi connectivity index (χ0v) is 11.3. The van der Waals surface area contributed by atoms with Gasteiger partial charge < -0.3 is 28.4 Å². The van der Waals surface area contributed by atoms with E-state index in [1.807, 2.05) is 0 Å². The predicted octanol–water partition coefficient (Wildman–Crippen LogP) is 0.884. The van der Waals surface area contributed by atoms with Crippen molar-refractivity contribution in [2.75, 3.05) is 41.7 Å². The van der Waals surface area contributed by atoms with Crippen molar-refractivity contribution in [3.8, 4) is 0 Å². The van der Waals surface area contributed by atoms with Crippen molar-refractivity contribution in [3.63, 3.8) is 0 Å². The standard InChI is InChI=1S/C10H22O7/c1-7-15-9(11-3,12-4)17-10(13-5,14-6)16-8-2/h7-8H2,1-6H3. The quantitative estimate of drug-likeness (QED) is 0.536. The van der Waals surface area contributed by atoms with Crippen LogP contribution in [0.25, 0.3) is 0 Å². The van der Waals surface area contributed by atoms with Crippen molar-refractivity contribution >= 4 is 0 Å². The molecule has 0 heterocycles. The molecule has 0 saturated heterocycles. The van der Waals surface area contributed by atoms with Crippen LogP contribution in [0, 0.1) is 0 Å². The van der Waals surface area contributed by atoms with E-state index in [0.717, 1.165) is 0 Å². The topological polar surface area (TPSA) is 64.6 Å². The summed E-state index contributed by atoms with van der Waals surface area (Å²) >= 11 is 0. The van der Waals surface area contributed by atoms with E-state index in [1.165, 1.54) is 28.4 Å². The summed E-state index contributed by atoms with van der Waals surface area (Å²) in [6, 6.07) is 0. The van der Waals surface area contributed by atoms with Gasteiger partial charge in [-0.15, -0.1) is 0 Å². The second-order valence-corrected chi connectivity index (χ2v) is 2.78. The first-order valence-electron chi connectivity index (χ1n) is 5.26. The molecule has 0 aromatic rings. The van der Waals surface area contributed by atoms with Gasteiger partial charge >= 0.3 is 12.3 Å². The maximum absolute atomic E-state index is 5.37. The second-order valence-electron chi connectivity index (χ2n) is 2.78. The number of hydrogen-bond donors (Lipinski definition) is 0. The SMILES string of the molecule is CCOC(OC)(OC)OC(OC)(OC)OCC. The average Bonchev–Trinajstić information content (AvgIpc) is 2.37. The Balaban J connectivity index is 4.89. The van der Waals surface area contributed by atoms with E-state index in [9.17, 15) is 0 Å². The van der Waals surface area contributed by atoms with Crippen LogP contribution in [0.15, 0.2) is 0 Å². The highest BCUT2D eigenvalue weighted by Crippen LogP contribution is 2.26. The summed E-state index contributed by atoms with van der Waals surface area (Å²) in [5, 5.41) is 0. The Morgan fingerprint density at radius 2 is 0.941 bits per heavy atom. The molecule has 0 saturated carbocycles.